The largest absolute Gasteiger partial charge is 0.465 e. The Morgan fingerprint density at radius 3 is 2.20 bits per heavy atom. The number of ether oxygens (including phenoxy) is 1. The van der Waals surface area contributed by atoms with Crippen LogP contribution in [0.5, 0.6) is 0 Å². The first-order valence-corrected chi connectivity index (χ1v) is 6.94. The molecular weight excluding hydrogens is 339 g/mol. The van der Waals surface area contributed by atoms with Gasteiger partial charge in [0.05, 0.1) is 18.2 Å². The molecule has 0 heterocycles. The van der Waals surface area contributed by atoms with Crippen molar-refractivity contribution in [1.82, 2.24) is 0 Å². The Hall–Kier alpha value is -3.16. The lowest BCUT2D eigenvalue weighted by atomic mass is 10.0. The van der Waals surface area contributed by atoms with Crippen molar-refractivity contribution in [2.24, 2.45) is 0 Å². The molecule has 2 aromatic rings. The zero-order chi connectivity index (χ0) is 18.6. The topological polar surface area (TPSA) is 72.5 Å². The van der Waals surface area contributed by atoms with E-state index in [1.165, 1.54) is 30.3 Å². The summed E-state index contributed by atoms with van der Waals surface area (Å²) in [5.41, 5.74) is -1.48. The first kappa shape index (κ1) is 18.2. The molecule has 130 valence electrons. The van der Waals surface area contributed by atoms with E-state index in [1.807, 2.05) is 0 Å². The highest BCUT2D eigenvalue weighted by Crippen LogP contribution is 2.30. The zero-order valence-electron chi connectivity index (χ0n) is 12.9. The summed E-state index contributed by atoms with van der Waals surface area (Å²) in [4.78, 5) is 35.9. The lowest BCUT2D eigenvalue weighted by Gasteiger charge is -2.10. The molecule has 0 radical (unpaired) electrons. The summed E-state index contributed by atoms with van der Waals surface area (Å²) in [5.74, 6) is -3.05. The molecule has 0 saturated carbocycles. The SMILES string of the molecule is COC(=O)c1ccccc1C(=O)C(=O)Nc1cccc(C(F)(F)F)c1. The Morgan fingerprint density at radius 1 is 0.960 bits per heavy atom. The zero-order valence-corrected chi connectivity index (χ0v) is 12.9. The number of nitrogens with one attached hydrogen (secondary N) is 1. The molecule has 0 aliphatic rings. The van der Waals surface area contributed by atoms with Gasteiger partial charge in [0.15, 0.2) is 0 Å². The summed E-state index contributed by atoms with van der Waals surface area (Å²) in [5, 5.41) is 2.10. The van der Waals surface area contributed by atoms with Gasteiger partial charge >= 0.3 is 12.1 Å². The Balaban J connectivity index is 2.25. The molecule has 1 N–H and O–H groups in total. The van der Waals surface area contributed by atoms with Crippen molar-refractivity contribution in [1.29, 1.82) is 0 Å². The predicted molar refractivity (Wildman–Crippen MR) is 82.2 cm³/mol. The Morgan fingerprint density at radius 2 is 1.60 bits per heavy atom. The van der Waals surface area contributed by atoms with Crippen molar-refractivity contribution in [2.45, 2.75) is 6.18 Å². The third-order valence-electron chi connectivity index (χ3n) is 3.23. The third kappa shape index (κ3) is 4.23. The van der Waals surface area contributed by atoms with Crippen LogP contribution >= 0.6 is 0 Å². The van der Waals surface area contributed by atoms with Crippen LogP contribution in [0.1, 0.15) is 26.3 Å². The lowest BCUT2D eigenvalue weighted by Crippen LogP contribution is -2.25. The first-order chi connectivity index (χ1) is 11.7. The molecule has 0 aliphatic carbocycles. The molecule has 0 fully saturated rings. The van der Waals surface area contributed by atoms with Crippen LogP contribution < -0.4 is 5.32 Å². The predicted octanol–water partition coefficient (Wildman–Crippen LogP) is 3.31. The number of halogens is 3. The van der Waals surface area contributed by atoms with E-state index in [-0.39, 0.29) is 16.8 Å². The van der Waals surface area contributed by atoms with Crippen LogP contribution in [-0.4, -0.2) is 24.8 Å². The van der Waals surface area contributed by atoms with Gasteiger partial charge in [-0.15, -0.1) is 0 Å². The molecule has 1 amide bonds. The smallest absolute Gasteiger partial charge is 0.416 e. The fourth-order valence-corrected chi connectivity index (χ4v) is 2.05. The quantitative estimate of drug-likeness (QED) is 0.521. The average molecular weight is 351 g/mol. The number of carbonyl (C=O) groups is 3. The second-order valence-corrected chi connectivity index (χ2v) is 4.90. The molecule has 0 spiro atoms. The van der Waals surface area contributed by atoms with E-state index in [9.17, 15) is 27.6 Å². The second-order valence-electron chi connectivity index (χ2n) is 4.90. The van der Waals surface area contributed by atoms with E-state index < -0.39 is 29.4 Å². The number of benzene rings is 2. The van der Waals surface area contributed by atoms with E-state index in [4.69, 9.17) is 0 Å². The van der Waals surface area contributed by atoms with Gasteiger partial charge in [-0.2, -0.15) is 13.2 Å². The molecule has 0 bridgehead atoms. The normalized spacial score (nSPS) is 10.9. The highest BCUT2D eigenvalue weighted by atomic mass is 19.4. The molecular formula is C17H12F3NO4. The molecule has 0 saturated heterocycles. The van der Waals surface area contributed by atoms with E-state index in [1.54, 1.807) is 0 Å². The van der Waals surface area contributed by atoms with Crippen LogP contribution in [0.2, 0.25) is 0 Å². The monoisotopic (exact) mass is 351 g/mol. The van der Waals surface area contributed by atoms with E-state index in [2.05, 4.69) is 10.1 Å². The number of hydrogen-bond donors (Lipinski definition) is 1. The lowest BCUT2D eigenvalue weighted by molar-refractivity contribution is -0.137. The Bertz CT molecular complexity index is 831. The van der Waals surface area contributed by atoms with Gasteiger partial charge in [0, 0.05) is 11.3 Å². The first-order valence-electron chi connectivity index (χ1n) is 6.94. The summed E-state index contributed by atoms with van der Waals surface area (Å²) >= 11 is 0. The van der Waals surface area contributed by atoms with Crippen LogP contribution in [0.4, 0.5) is 18.9 Å². The van der Waals surface area contributed by atoms with E-state index >= 15 is 0 Å². The van der Waals surface area contributed by atoms with Crippen LogP contribution in [0.15, 0.2) is 48.5 Å². The maximum atomic E-state index is 12.7. The van der Waals surface area contributed by atoms with E-state index in [0.717, 1.165) is 19.2 Å². The van der Waals surface area contributed by atoms with Gasteiger partial charge in [-0.3, -0.25) is 9.59 Å². The number of Topliss-reactive ketones (excluding diaryl/α,β-unsaturated/α-hetero) is 1. The average Bonchev–Trinajstić information content (AvgIpc) is 2.59. The molecule has 5 nitrogen and oxygen atoms in total. The van der Waals surface area contributed by atoms with Gasteiger partial charge in [-0.1, -0.05) is 18.2 Å². The number of alkyl halides is 3. The minimum atomic E-state index is -4.58. The fraction of sp³-hybridized carbons (Fsp3) is 0.118. The fourth-order valence-electron chi connectivity index (χ4n) is 2.05. The summed E-state index contributed by atoms with van der Waals surface area (Å²) in [6.07, 6.45) is -4.58. The van der Waals surface area contributed by atoms with Crippen LogP contribution in [-0.2, 0) is 15.7 Å². The van der Waals surface area contributed by atoms with Gasteiger partial charge in [-0.25, -0.2) is 4.79 Å². The van der Waals surface area contributed by atoms with Gasteiger partial charge < -0.3 is 10.1 Å². The number of hydrogen-bond acceptors (Lipinski definition) is 4. The molecule has 8 heteroatoms. The van der Waals surface area contributed by atoms with Crippen molar-refractivity contribution in [3.05, 3.63) is 65.2 Å². The van der Waals surface area contributed by atoms with Crippen molar-refractivity contribution in [3.8, 4) is 0 Å². The van der Waals surface area contributed by atoms with Crippen LogP contribution in [0.25, 0.3) is 0 Å². The number of esters is 1. The summed E-state index contributed by atoms with van der Waals surface area (Å²) in [6, 6.07) is 9.33. The number of methoxy groups -OCH3 is 1. The maximum absolute atomic E-state index is 12.7. The number of rotatable bonds is 4. The molecule has 0 atom stereocenters. The summed E-state index contributed by atoms with van der Waals surface area (Å²) < 4.78 is 42.6. The summed E-state index contributed by atoms with van der Waals surface area (Å²) in [6.45, 7) is 0. The van der Waals surface area contributed by atoms with Crippen molar-refractivity contribution in [3.63, 3.8) is 0 Å². The minimum absolute atomic E-state index is 0.116. The number of ketones is 1. The minimum Gasteiger partial charge on any atom is -0.465 e. The maximum Gasteiger partial charge on any atom is 0.416 e. The van der Waals surface area contributed by atoms with E-state index in [0.29, 0.717) is 6.07 Å². The number of carbonyl (C=O) groups excluding carboxylic acids is 3. The molecule has 2 aromatic carbocycles. The highest BCUT2D eigenvalue weighted by molar-refractivity contribution is 6.47. The number of anilines is 1. The standard InChI is InChI=1S/C17H12F3NO4/c1-25-16(24)13-8-3-2-7-12(13)14(22)15(23)21-11-6-4-5-10(9-11)17(18,19)20/h2-9H,1H3,(H,21,23). The van der Waals surface area contributed by atoms with Crippen LogP contribution in [0.3, 0.4) is 0 Å². The van der Waals surface area contributed by atoms with Gasteiger partial charge in [0.2, 0.25) is 0 Å². The van der Waals surface area contributed by atoms with Crippen molar-refractivity contribution in [2.75, 3.05) is 12.4 Å². The Labute approximate surface area is 140 Å². The molecule has 2 rings (SSSR count). The number of amides is 1. The molecule has 0 unspecified atom stereocenters. The molecule has 0 aromatic heterocycles. The van der Waals surface area contributed by atoms with Crippen molar-refractivity contribution >= 4 is 23.3 Å². The second kappa shape index (κ2) is 7.16. The summed E-state index contributed by atoms with van der Waals surface area (Å²) in [7, 11) is 1.12. The van der Waals surface area contributed by atoms with Gasteiger partial charge in [0.1, 0.15) is 0 Å². The Kier molecular flexibility index (Phi) is 5.21. The van der Waals surface area contributed by atoms with Gasteiger partial charge in [-0.05, 0) is 30.3 Å². The molecule has 25 heavy (non-hydrogen) atoms. The highest BCUT2D eigenvalue weighted by Gasteiger charge is 2.31. The van der Waals surface area contributed by atoms with Crippen molar-refractivity contribution < 1.29 is 32.3 Å². The van der Waals surface area contributed by atoms with Gasteiger partial charge in [0.25, 0.3) is 11.7 Å². The van der Waals surface area contributed by atoms with Crippen LogP contribution in [0, 0.1) is 0 Å². The molecule has 0 aliphatic heterocycles. The third-order valence-corrected chi connectivity index (χ3v) is 3.23.